The number of carbonyl (C=O) groups is 2. The SMILES string of the molecule is COc1ccc(CNC(=O)COC(=O)c2ccc3c(=O)n4c(nc3c2)CCC4)cc1. The zero-order valence-corrected chi connectivity index (χ0v) is 16.5. The van der Waals surface area contributed by atoms with Gasteiger partial charge in [-0.2, -0.15) is 0 Å². The van der Waals surface area contributed by atoms with Crippen LogP contribution in [0.2, 0.25) is 0 Å². The first-order valence-corrected chi connectivity index (χ1v) is 9.65. The number of aryl methyl sites for hydroxylation is 1. The van der Waals surface area contributed by atoms with Gasteiger partial charge < -0.3 is 14.8 Å². The molecule has 0 bridgehead atoms. The van der Waals surface area contributed by atoms with Gasteiger partial charge in [0.15, 0.2) is 6.61 Å². The summed E-state index contributed by atoms with van der Waals surface area (Å²) < 4.78 is 11.9. The average molecular weight is 407 g/mol. The normalized spacial score (nSPS) is 12.4. The second-order valence-electron chi connectivity index (χ2n) is 7.02. The molecule has 2 heterocycles. The fourth-order valence-electron chi connectivity index (χ4n) is 3.42. The lowest BCUT2D eigenvalue weighted by molar-refractivity contribution is -0.124. The van der Waals surface area contributed by atoms with Gasteiger partial charge in [0, 0.05) is 19.5 Å². The lowest BCUT2D eigenvalue weighted by atomic mass is 10.1. The molecule has 4 rings (SSSR count). The molecular formula is C22H21N3O5. The maximum Gasteiger partial charge on any atom is 0.338 e. The first kappa shape index (κ1) is 19.6. The lowest BCUT2D eigenvalue weighted by Crippen LogP contribution is -2.28. The molecule has 154 valence electrons. The summed E-state index contributed by atoms with van der Waals surface area (Å²) in [6.45, 7) is 0.592. The predicted octanol–water partition coefficient (Wildman–Crippen LogP) is 1.82. The highest BCUT2D eigenvalue weighted by Crippen LogP contribution is 2.17. The number of esters is 1. The summed E-state index contributed by atoms with van der Waals surface area (Å²) in [4.78, 5) is 41.3. The Hall–Kier alpha value is -3.68. The van der Waals surface area contributed by atoms with Crippen LogP contribution in [0.5, 0.6) is 5.75 Å². The van der Waals surface area contributed by atoms with Crippen molar-refractivity contribution in [3.8, 4) is 5.75 Å². The number of rotatable bonds is 6. The largest absolute Gasteiger partial charge is 0.497 e. The number of amides is 1. The smallest absolute Gasteiger partial charge is 0.338 e. The zero-order chi connectivity index (χ0) is 21.1. The molecule has 0 spiro atoms. The van der Waals surface area contributed by atoms with E-state index >= 15 is 0 Å². The maximum absolute atomic E-state index is 12.5. The minimum atomic E-state index is -0.640. The van der Waals surface area contributed by atoms with Crippen molar-refractivity contribution in [2.45, 2.75) is 25.9 Å². The number of fused-ring (bicyclic) bond motifs is 2. The molecule has 30 heavy (non-hydrogen) atoms. The number of hydrogen-bond acceptors (Lipinski definition) is 6. The van der Waals surface area contributed by atoms with Crippen LogP contribution in [0.25, 0.3) is 10.9 Å². The van der Waals surface area contributed by atoms with E-state index in [0.29, 0.717) is 24.0 Å². The van der Waals surface area contributed by atoms with Gasteiger partial charge in [-0.1, -0.05) is 12.1 Å². The van der Waals surface area contributed by atoms with Crippen molar-refractivity contribution >= 4 is 22.8 Å². The molecule has 2 aromatic carbocycles. The van der Waals surface area contributed by atoms with Crippen LogP contribution in [0.3, 0.4) is 0 Å². The quantitative estimate of drug-likeness (QED) is 0.626. The van der Waals surface area contributed by atoms with Crippen LogP contribution < -0.4 is 15.6 Å². The van der Waals surface area contributed by atoms with E-state index in [9.17, 15) is 14.4 Å². The van der Waals surface area contributed by atoms with Gasteiger partial charge in [0.05, 0.1) is 23.6 Å². The molecule has 8 nitrogen and oxygen atoms in total. The molecule has 3 aromatic rings. The van der Waals surface area contributed by atoms with Crippen molar-refractivity contribution < 1.29 is 19.1 Å². The van der Waals surface area contributed by atoms with Crippen molar-refractivity contribution in [3.05, 3.63) is 69.8 Å². The minimum Gasteiger partial charge on any atom is -0.497 e. The highest BCUT2D eigenvalue weighted by molar-refractivity contribution is 5.95. The number of aromatic nitrogens is 2. The van der Waals surface area contributed by atoms with Crippen LogP contribution in [-0.4, -0.2) is 35.1 Å². The molecule has 0 fully saturated rings. The van der Waals surface area contributed by atoms with Gasteiger partial charge in [0.2, 0.25) is 0 Å². The molecule has 1 amide bonds. The number of nitrogens with zero attached hydrogens (tertiary/aromatic N) is 2. The summed E-state index contributed by atoms with van der Waals surface area (Å²) in [6, 6.07) is 11.9. The summed E-state index contributed by atoms with van der Waals surface area (Å²) in [5, 5.41) is 3.16. The van der Waals surface area contributed by atoms with E-state index in [1.54, 1.807) is 29.9 Å². The Balaban J connectivity index is 1.36. The monoisotopic (exact) mass is 407 g/mol. The fraction of sp³-hybridized carbons (Fsp3) is 0.273. The Morgan fingerprint density at radius 2 is 1.97 bits per heavy atom. The summed E-state index contributed by atoms with van der Waals surface area (Å²) in [6.07, 6.45) is 1.63. The number of benzene rings is 2. The van der Waals surface area contributed by atoms with Crippen molar-refractivity contribution in [2.24, 2.45) is 0 Å². The van der Waals surface area contributed by atoms with E-state index in [2.05, 4.69) is 10.3 Å². The Labute approximate surface area is 172 Å². The van der Waals surface area contributed by atoms with Crippen molar-refractivity contribution in [2.75, 3.05) is 13.7 Å². The number of methoxy groups -OCH3 is 1. The fourth-order valence-corrected chi connectivity index (χ4v) is 3.42. The molecule has 0 aliphatic carbocycles. The van der Waals surface area contributed by atoms with Crippen molar-refractivity contribution in [1.29, 1.82) is 0 Å². The average Bonchev–Trinajstić information content (AvgIpc) is 3.25. The summed E-state index contributed by atoms with van der Waals surface area (Å²) in [5.41, 5.74) is 1.52. The molecule has 1 aliphatic rings. The molecule has 0 unspecified atom stereocenters. The van der Waals surface area contributed by atoms with E-state index in [4.69, 9.17) is 9.47 Å². The van der Waals surface area contributed by atoms with Gasteiger partial charge >= 0.3 is 5.97 Å². The molecule has 0 radical (unpaired) electrons. The topological polar surface area (TPSA) is 99.5 Å². The lowest BCUT2D eigenvalue weighted by Gasteiger charge is -2.08. The van der Waals surface area contributed by atoms with Crippen LogP contribution in [0.1, 0.15) is 28.2 Å². The zero-order valence-electron chi connectivity index (χ0n) is 16.5. The number of hydrogen-bond donors (Lipinski definition) is 1. The van der Waals surface area contributed by atoms with Crippen molar-refractivity contribution in [1.82, 2.24) is 14.9 Å². The molecule has 8 heteroatoms. The molecule has 0 saturated carbocycles. The third-order valence-electron chi connectivity index (χ3n) is 5.04. The first-order valence-electron chi connectivity index (χ1n) is 9.65. The third-order valence-corrected chi connectivity index (χ3v) is 5.04. The summed E-state index contributed by atoms with van der Waals surface area (Å²) >= 11 is 0. The molecule has 1 N–H and O–H groups in total. The van der Waals surface area contributed by atoms with E-state index in [1.807, 2.05) is 12.1 Å². The van der Waals surface area contributed by atoms with E-state index in [0.717, 1.165) is 30.0 Å². The number of carbonyl (C=O) groups excluding carboxylic acids is 2. The van der Waals surface area contributed by atoms with Crippen LogP contribution in [0.15, 0.2) is 47.3 Å². The second kappa shape index (κ2) is 8.36. The van der Waals surface area contributed by atoms with E-state index < -0.39 is 18.5 Å². The van der Waals surface area contributed by atoms with Gasteiger partial charge in [-0.05, 0) is 42.3 Å². The van der Waals surface area contributed by atoms with Gasteiger partial charge in [-0.15, -0.1) is 0 Å². The van der Waals surface area contributed by atoms with Gasteiger partial charge in [-0.3, -0.25) is 14.2 Å². The Kier molecular flexibility index (Phi) is 5.47. The highest BCUT2D eigenvalue weighted by Gasteiger charge is 2.18. The molecule has 1 aliphatic heterocycles. The Morgan fingerprint density at radius 1 is 1.17 bits per heavy atom. The molecule has 0 saturated heterocycles. The number of ether oxygens (including phenoxy) is 2. The highest BCUT2D eigenvalue weighted by atomic mass is 16.5. The van der Waals surface area contributed by atoms with Gasteiger partial charge in [0.25, 0.3) is 11.5 Å². The number of nitrogens with one attached hydrogen (secondary N) is 1. The third kappa shape index (κ3) is 4.03. The first-order chi connectivity index (χ1) is 14.5. The predicted molar refractivity (Wildman–Crippen MR) is 109 cm³/mol. The second-order valence-corrected chi connectivity index (χ2v) is 7.02. The van der Waals surface area contributed by atoms with Crippen LogP contribution >= 0.6 is 0 Å². The summed E-state index contributed by atoms with van der Waals surface area (Å²) in [7, 11) is 1.59. The molecular weight excluding hydrogens is 386 g/mol. The van der Waals surface area contributed by atoms with E-state index in [1.165, 1.54) is 12.1 Å². The van der Waals surface area contributed by atoms with Crippen LogP contribution in [0, 0.1) is 0 Å². The molecule has 1 aromatic heterocycles. The molecule has 0 atom stereocenters. The van der Waals surface area contributed by atoms with Crippen LogP contribution in [0.4, 0.5) is 0 Å². The van der Waals surface area contributed by atoms with Gasteiger partial charge in [0.1, 0.15) is 11.6 Å². The van der Waals surface area contributed by atoms with Crippen LogP contribution in [-0.2, 0) is 29.0 Å². The summed E-state index contributed by atoms with van der Waals surface area (Å²) in [5.74, 6) is 0.417. The Bertz CT molecular complexity index is 1170. The Morgan fingerprint density at radius 3 is 2.73 bits per heavy atom. The minimum absolute atomic E-state index is 0.0923. The van der Waals surface area contributed by atoms with E-state index in [-0.39, 0.29) is 11.1 Å². The maximum atomic E-state index is 12.5. The van der Waals surface area contributed by atoms with Gasteiger partial charge in [-0.25, -0.2) is 9.78 Å². The standard InChI is InChI=1S/C22H21N3O5/c1-29-16-7-4-14(5-8-16)12-23-20(26)13-30-22(28)15-6-9-17-18(11-15)24-19-3-2-10-25(19)21(17)27/h4-9,11H,2-3,10,12-13H2,1H3,(H,23,26). The van der Waals surface area contributed by atoms with Crippen molar-refractivity contribution in [3.63, 3.8) is 0 Å².